The minimum Gasteiger partial charge on any atom is -0.393 e. The molecule has 0 amide bonds. The minimum absolute atomic E-state index is 0. The number of nitrogen functional groups attached to an aromatic ring is 1. The van der Waals surface area contributed by atoms with Crippen molar-refractivity contribution in [1.82, 2.24) is 0 Å². The zero-order chi connectivity index (χ0) is 7.56. The summed E-state index contributed by atoms with van der Waals surface area (Å²) in [7, 11) is 0. The van der Waals surface area contributed by atoms with E-state index in [1.54, 1.807) is 12.1 Å². The number of hydrogen-bond acceptors (Lipinski definition) is 3. The average molecular weight is 211 g/mol. The standard InChI is InChI=1S/C6H6N2O2.2ClH/c7-5-3-1-2-4-6(5)8(9)10;;/h1-4H,7H2;2*1H. The summed E-state index contributed by atoms with van der Waals surface area (Å²) in [5.74, 6) is 0. The van der Waals surface area contributed by atoms with Gasteiger partial charge in [0.1, 0.15) is 5.69 Å². The van der Waals surface area contributed by atoms with Gasteiger partial charge in [-0.15, -0.1) is 24.8 Å². The predicted molar refractivity (Wildman–Crippen MR) is 52.0 cm³/mol. The van der Waals surface area contributed by atoms with E-state index in [2.05, 4.69) is 0 Å². The smallest absolute Gasteiger partial charge is 0.292 e. The van der Waals surface area contributed by atoms with E-state index in [9.17, 15) is 10.1 Å². The van der Waals surface area contributed by atoms with Gasteiger partial charge in [0.2, 0.25) is 0 Å². The van der Waals surface area contributed by atoms with Crippen molar-refractivity contribution < 1.29 is 4.92 Å². The van der Waals surface area contributed by atoms with Crippen LogP contribution < -0.4 is 5.73 Å². The van der Waals surface area contributed by atoms with Crippen LogP contribution in [0.25, 0.3) is 0 Å². The normalized spacial score (nSPS) is 7.67. The summed E-state index contributed by atoms with van der Waals surface area (Å²) in [5.41, 5.74) is 5.44. The number of halogens is 2. The van der Waals surface area contributed by atoms with Gasteiger partial charge >= 0.3 is 0 Å². The largest absolute Gasteiger partial charge is 0.393 e. The Hall–Kier alpha value is -1.00. The number of nitro groups is 1. The molecule has 0 bridgehead atoms. The van der Waals surface area contributed by atoms with Gasteiger partial charge < -0.3 is 5.73 Å². The predicted octanol–water partition coefficient (Wildman–Crippen LogP) is 2.02. The van der Waals surface area contributed by atoms with Crippen LogP contribution in [-0.2, 0) is 0 Å². The molecule has 1 rings (SSSR count). The van der Waals surface area contributed by atoms with E-state index in [1.807, 2.05) is 0 Å². The van der Waals surface area contributed by atoms with Crippen LogP contribution in [0.2, 0.25) is 0 Å². The van der Waals surface area contributed by atoms with Crippen LogP contribution in [0.1, 0.15) is 0 Å². The van der Waals surface area contributed by atoms with Crippen molar-refractivity contribution in [2.45, 2.75) is 0 Å². The number of nitrogens with two attached hydrogens (primary N) is 1. The number of anilines is 1. The Bertz CT molecular complexity index is 267. The van der Waals surface area contributed by atoms with Gasteiger partial charge in [0.15, 0.2) is 0 Å². The molecule has 1 aromatic carbocycles. The Balaban J connectivity index is 0. The van der Waals surface area contributed by atoms with Gasteiger partial charge in [-0.2, -0.15) is 0 Å². The Labute approximate surface area is 81.7 Å². The summed E-state index contributed by atoms with van der Waals surface area (Å²) in [6.07, 6.45) is 0. The van der Waals surface area contributed by atoms with Gasteiger partial charge in [-0.3, -0.25) is 10.1 Å². The second kappa shape index (κ2) is 5.62. The Morgan fingerprint density at radius 1 is 1.25 bits per heavy atom. The highest BCUT2D eigenvalue weighted by Gasteiger charge is 2.07. The van der Waals surface area contributed by atoms with Crippen LogP contribution in [0.15, 0.2) is 24.3 Å². The van der Waals surface area contributed by atoms with Crippen molar-refractivity contribution >= 4 is 36.2 Å². The highest BCUT2D eigenvalue weighted by Crippen LogP contribution is 2.18. The number of benzene rings is 1. The molecule has 68 valence electrons. The third-order valence-electron chi connectivity index (χ3n) is 1.13. The van der Waals surface area contributed by atoms with Gasteiger partial charge in [-0.25, -0.2) is 0 Å². The number of nitrogens with zero attached hydrogens (tertiary/aromatic N) is 1. The maximum Gasteiger partial charge on any atom is 0.292 e. The molecule has 0 aromatic heterocycles. The lowest BCUT2D eigenvalue weighted by Crippen LogP contribution is -1.93. The Kier molecular flexibility index (Phi) is 6.37. The molecular weight excluding hydrogens is 203 g/mol. The monoisotopic (exact) mass is 210 g/mol. The van der Waals surface area contributed by atoms with E-state index < -0.39 is 4.92 Å². The summed E-state index contributed by atoms with van der Waals surface area (Å²) in [6.45, 7) is 0. The van der Waals surface area contributed by atoms with Crippen LogP contribution in [0.3, 0.4) is 0 Å². The lowest BCUT2D eigenvalue weighted by atomic mass is 10.3. The summed E-state index contributed by atoms with van der Waals surface area (Å²) >= 11 is 0. The summed E-state index contributed by atoms with van der Waals surface area (Å²) in [4.78, 5) is 9.64. The van der Waals surface area contributed by atoms with Crippen LogP contribution in [-0.4, -0.2) is 4.92 Å². The molecule has 0 aliphatic rings. The zero-order valence-corrected chi connectivity index (χ0v) is 7.60. The molecule has 0 spiro atoms. The summed E-state index contributed by atoms with van der Waals surface area (Å²) in [6, 6.07) is 6.10. The van der Waals surface area contributed by atoms with Crippen LogP contribution in [0, 0.1) is 10.1 Å². The highest BCUT2D eigenvalue weighted by molar-refractivity contribution is 5.85. The van der Waals surface area contributed by atoms with E-state index >= 15 is 0 Å². The molecule has 1 aromatic rings. The second-order valence-electron chi connectivity index (χ2n) is 1.82. The van der Waals surface area contributed by atoms with E-state index in [-0.39, 0.29) is 36.2 Å². The molecule has 0 atom stereocenters. The first-order valence-electron chi connectivity index (χ1n) is 2.70. The van der Waals surface area contributed by atoms with Crippen molar-refractivity contribution in [2.24, 2.45) is 0 Å². The van der Waals surface area contributed by atoms with Crippen molar-refractivity contribution in [1.29, 1.82) is 0 Å². The molecule has 0 radical (unpaired) electrons. The first kappa shape index (κ1) is 13.6. The maximum absolute atomic E-state index is 10.1. The first-order chi connectivity index (χ1) is 4.72. The third-order valence-corrected chi connectivity index (χ3v) is 1.13. The maximum atomic E-state index is 10.1. The van der Waals surface area contributed by atoms with Crippen LogP contribution >= 0.6 is 24.8 Å². The lowest BCUT2D eigenvalue weighted by Gasteiger charge is -1.92. The van der Waals surface area contributed by atoms with Gasteiger partial charge in [-0.05, 0) is 6.07 Å². The summed E-state index contributed by atoms with van der Waals surface area (Å²) < 4.78 is 0. The Morgan fingerprint density at radius 3 is 2.08 bits per heavy atom. The molecule has 6 heteroatoms. The molecule has 12 heavy (non-hydrogen) atoms. The molecule has 0 heterocycles. The number of para-hydroxylation sites is 2. The van der Waals surface area contributed by atoms with Crippen molar-refractivity contribution in [2.75, 3.05) is 5.73 Å². The van der Waals surface area contributed by atoms with Crippen molar-refractivity contribution in [3.8, 4) is 0 Å². The SMILES string of the molecule is Cl.Cl.Nc1ccccc1[N+](=O)[O-]. The fourth-order valence-electron chi connectivity index (χ4n) is 0.654. The van der Waals surface area contributed by atoms with Gasteiger partial charge in [-0.1, -0.05) is 12.1 Å². The van der Waals surface area contributed by atoms with E-state index in [4.69, 9.17) is 5.73 Å². The van der Waals surface area contributed by atoms with E-state index in [1.165, 1.54) is 12.1 Å². The molecule has 2 N–H and O–H groups in total. The Morgan fingerprint density at radius 2 is 1.75 bits per heavy atom. The van der Waals surface area contributed by atoms with Gasteiger partial charge in [0.05, 0.1) is 4.92 Å². The molecular formula is C6H8Cl2N2O2. The van der Waals surface area contributed by atoms with Crippen LogP contribution in [0.4, 0.5) is 11.4 Å². The summed E-state index contributed by atoms with van der Waals surface area (Å²) in [5, 5.41) is 10.1. The zero-order valence-electron chi connectivity index (χ0n) is 5.97. The van der Waals surface area contributed by atoms with Crippen molar-refractivity contribution in [3.05, 3.63) is 34.4 Å². The lowest BCUT2D eigenvalue weighted by molar-refractivity contribution is -0.383. The molecule has 4 nitrogen and oxygen atoms in total. The topological polar surface area (TPSA) is 69.2 Å². The molecule has 0 saturated heterocycles. The second-order valence-corrected chi connectivity index (χ2v) is 1.82. The molecule has 0 saturated carbocycles. The molecule has 0 fully saturated rings. The van der Waals surface area contributed by atoms with Crippen LogP contribution in [0.5, 0.6) is 0 Å². The fraction of sp³-hybridized carbons (Fsp3) is 0. The van der Waals surface area contributed by atoms with Crippen molar-refractivity contribution in [3.63, 3.8) is 0 Å². The molecule has 0 unspecified atom stereocenters. The highest BCUT2D eigenvalue weighted by atomic mass is 35.5. The van der Waals surface area contributed by atoms with Gasteiger partial charge in [0.25, 0.3) is 5.69 Å². The average Bonchev–Trinajstić information content (AvgIpc) is 1.88. The van der Waals surface area contributed by atoms with Gasteiger partial charge in [0, 0.05) is 6.07 Å². The number of hydrogen-bond donors (Lipinski definition) is 1. The van der Waals surface area contributed by atoms with E-state index in [0.29, 0.717) is 0 Å². The molecule has 0 aliphatic heterocycles. The minimum atomic E-state index is -0.505. The quantitative estimate of drug-likeness (QED) is 0.438. The fourth-order valence-corrected chi connectivity index (χ4v) is 0.654. The number of nitro benzene ring substituents is 1. The van der Waals surface area contributed by atoms with E-state index in [0.717, 1.165) is 0 Å². The third kappa shape index (κ3) is 2.94. The molecule has 0 aliphatic carbocycles. The number of rotatable bonds is 1. The first-order valence-corrected chi connectivity index (χ1v) is 2.70.